The van der Waals surface area contributed by atoms with Crippen molar-refractivity contribution < 1.29 is 9.90 Å². The van der Waals surface area contributed by atoms with Crippen molar-refractivity contribution in [1.82, 2.24) is 9.97 Å². The average Bonchev–Trinajstić information content (AvgIpc) is 2.20. The van der Waals surface area contributed by atoms with E-state index in [-0.39, 0.29) is 5.92 Å². The molecule has 1 atom stereocenters. The summed E-state index contributed by atoms with van der Waals surface area (Å²) in [7, 11) is 0. The third kappa shape index (κ3) is 6.93. The second kappa shape index (κ2) is 7.21. The summed E-state index contributed by atoms with van der Waals surface area (Å²) in [5.41, 5.74) is 0. The van der Waals surface area contributed by atoms with Crippen molar-refractivity contribution in [2.75, 3.05) is 0 Å². The normalized spacial score (nSPS) is 10.9. The summed E-state index contributed by atoms with van der Waals surface area (Å²) in [5, 5.41) is 8.18. The Labute approximate surface area is 77.7 Å². The van der Waals surface area contributed by atoms with E-state index in [1.807, 2.05) is 6.92 Å². The van der Waals surface area contributed by atoms with Crippen LogP contribution in [0.3, 0.4) is 0 Å². The highest BCUT2D eigenvalue weighted by Crippen LogP contribution is 1.97. The molecule has 0 aliphatic heterocycles. The summed E-state index contributed by atoms with van der Waals surface area (Å²) < 4.78 is 0. The van der Waals surface area contributed by atoms with Gasteiger partial charge in [0.15, 0.2) is 0 Å². The van der Waals surface area contributed by atoms with Crippen molar-refractivity contribution in [2.24, 2.45) is 5.92 Å². The molecule has 1 N–H and O–H groups in total. The number of aliphatic carboxylic acids is 1. The lowest BCUT2D eigenvalue weighted by molar-refractivity contribution is -0.141. The summed E-state index contributed by atoms with van der Waals surface area (Å²) in [5.74, 6) is -0.887. The highest BCUT2D eigenvalue weighted by molar-refractivity contribution is 5.69. The van der Waals surface area contributed by atoms with Gasteiger partial charge in [-0.15, -0.1) is 0 Å². The van der Waals surface area contributed by atoms with Crippen LogP contribution in [-0.2, 0) is 4.79 Å². The smallest absolute Gasteiger partial charge is 0.306 e. The molecule has 4 nitrogen and oxygen atoms in total. The number of hydrogen-bond acceptors (Lipinski definition) is 3. The van der Waals surface area contributed by atoms with Crippen LogP contribution in [0.1, 0.15) is 20.3 Å². The second-order valence-corrected chi connectivity index (χ2v) is 2.54. The van der Waals surface area contributed by atoms with Crippen LogP contribution in [0.4, 0.5) is 0 Å². The fraction of sp³-hybridized carbons (Fsp3) is 0.444. The van der Waals surface area contributed by atoms with Crippen molar-refractivity contribution >= 4 is 5.97 Å². The molecule has 1 unspecified atom stereocenters. The molecule has 0 radical (unpaired) electrons. The van der Waals surface area contributed by atoms with Gasteiger partial charge < -0.3 is 5.11 Å². The fourth-order valence-electron chi connectivity index (χ4n) is 0.428. The van der Waals surface area contributed by atoms with Gasteiger partial charge in [-0.3, -0.25) is 14.8 Å². The minimum atomic E-state index is -0.706. The Kier molecular flexibility index (Phi) is 6.41. The van der Waals surface area contributed by atoms with Crippen LogP contribution in [0.25, 0.3) is 0 Å². The molecule has 0 bridgehead atoms. The summed E-state index contributed by atoms with van der Waals surface area (Å²) in [6, 6.07) is 0. The van der Waals surface area contributed by atoms with E-state index >= 15 is 0 Å². The lowest BCUT2D eigenvalue weighted by Crippen LogP contribution is -2.06. The van der Waals surface area contributed by atoms with Crippen LogP contribution in [0.5, 0.6) is 0 Å². The van der Waals surface area contributed by atoms with E-state index in [0.717, 1.165) is 6.42 Å². The Morgan fingerprint density at radius 2 is 1.69 bits per heavy atom. The van der Waals surface area contributed by atoms with Gasteiger partial charge in [0.2, 0.25) is 0 Å². The third-order valence-electron chi connectivity index (χ3n) is 1.51. The monoisotopic (exact) mass is 182 g/mol. The lowest BCUT2D eigenvalue weighted by Gasteiger charge is -1.96. The van der Waals surface area contributed by atoms with E-state index in [4.69, 9.17) is 5.11 Å². The van der Waals surface area contributed by atoms with Crippen molar-refractivity contribution in [3.63, 3.8) is 0 Å². The van der Waals surface area contributed by atoms with E-state index in [1.54, 1.807) is 31.7 Å². The zero-order chi connectivity index (χ0) is 10.1. The molecular weight excluding hydrogens is 168 g/mol. The molecule has 1 rings (SSSR count). The molecule has 0 amide bonds. The Morgan fingerprint density at radius 3 is 1.77 bits per heavy atom. The van der Waals surface area contributed by atoms with E-state index in [9.17, 15) is 4.79 Å². The van der Waals surface area contributed by atoms with Crippen molar-refractivity contribution in [1.29, 1.82) is 0 Å². The number of carboxylic acid groups (broad SMARTS) is 1. The first-order valence-corrected chi connectivity index (χ1v) is 4.11. The van der Waals surface area contributed by atoms with Gasteiger partial charge >= 0.3 is 5.97 Å². The van der Waals surface area contributed by atoms with Crippen LogP contribution >= 0.6 is 0 Å². The molecular formula is C9H14N2O2. The summed E-state index contributed by atoms with van der Waals surface area (Å²) in [4.78, 5) is 17.4. The van der Waals surface area contributed by atoms with Crippen LogP contribution in [0.2, 0.25) is 0 Å². The molecule has 0 saturated heterocycles. The van der Waals surface area contributed by atoms with Gasteiger partial charge in [-0.2, -0.15) is 0 Å². The molecule has 72 valence electrons. The number of hydrogen-bond donors (Lipinski definition) is 1. The first kappa shape index (κ1) is 11.6. The van der Waals surface area contributed by atoms with Crippen LogP contribution in [0.15, 0.2) is 24.8 Å². The van der Waals surface area contributed by atoms with Crippen molar-refractivity contribution in [3.8, 4) is 0 Å². The van der Waals surface area contributed by atoms with Crippen molar-refractivity contribution in [2.45, 2.75) is 20.3 Å². The number of rotatable bonds is 2. The van der Waals surface area contributed by atoms with E-state index < -0.39 is 5.97 Å². The third-order valence-corrected chi connectivity index (χ3v) is 1.51. The van der Waals surface area contributed by atoms with Crippen LogP contribution in [0, 0.1) is 5.92 Å². The number of carboxylic acids is 1. The van der Waals surface area contributed by atoms with E-state index in [1.165, 1.54) is 0 Å². The predicted molar refractivity (Wildman–Crippen MR) is 49.1 cm³/mol. The first-order valence-electron chi connectivity index (χ1n) is 4.11. The minimum Gasteiger partial charge on any atom is -0.481 e. The molecule has 1 aromatic rings. The maximum atomic E-state index is 9.93. The van der Waals surface area contributed by atoms with Gasteiger partial charge in [0.05, 0.1) is 5.92 Å². The number of aromatic nitrogens is 2. The van der Waals surface area contributed by atoms with E-state index in [0.29, 0.717) is 0 Å². The first-order chi connectivity index (χ1) is 6.18. The molecule has 0 aromatic carbocycles. The summed E-state index contributed by atoms with van der Waals surface area (Å²) in [6.45, 7) is 3.56. The average molecular weight is 182 g/mol. The molecule has 1 heterocycles. The molecule has 0 fully saturated rings. The SMILES string of the molecule is CCC(C)C(=O)O.c1cnccn1. The van der Waals surface area contributed by atoms with Gasteiger partial charge in [0.1, 0.15) is 0 Å². The molecule has 0 aliphatic carbocycles. The maximum Gasteiger partial charge on any atom is 0.306 e. The van der Waals surface area contributed by atoms with Gasteiger partial charge in [-0.1, -0.05) is 13.8 Å². The quantitative estimate of drug-likeness (QED) is 0.754. The Hall–Kier alpha value is -1.45. The van der Waals surface area contributed by atoms with Crippen LogP contribution in [-0.4, -0.2) is 21.0 Å². The number of carbonyl (C=O) groups is 1. The highest BCUT2D eigenvalue weighted by atomic mass is 16.4. The second-order valence-electron chi connectivity index (χ2n) is 2.54. The zero-order valence-corrected chi connectivity index (χ0v) is 7.84. The lowest BCUT2D eigenvalue weighted by atomic mass is 10.1. The van der Waals surface area contributed by atoms with E-state index in [2.05, 4.69) is 9.97 Å². The predicted octanol–water partition coefficient (Wildman–Crippen LogP) is 1.59. The topological polar surface area (TPSA) is 63.1 Å². The summed E-state index contributed by atoms with van der Waals surface area (Å²) in [6.07, 6.45) is 7.27. The Morgan fingerprint density at radius 1 is 1.31 bits per heavy atom. The van der Waals surface area contributed by atoms with Gasteiger partial charge in [0.25, 0.3) is 0 Å². The Bertz CT molecular complexity index is 200. The fourth-order valence-corrected chi connectivity index (χ4v) is 0.428. The molecule has 0 aliphatic rings. The zero-order valence-electron chi connectivity index (χ0n) is 7.84. The van der Waals surface area contributed by atoms with Gasteiger partial charge in [0, 0.05) is 24.8 Å². The molecule has 0 spiro atoms. The van der Waals surface area contributed by atoms with Crippen LogP contribution < -0.4 is 0 Å². The summed E-state index contributed by atoms with van der Waals surface area (Å²) >= 11 is 0. The molecule has 4 heteroatoms. The standard InChI is InChI=1S/C5H10O2.C4H4N2/c1-3-4(2)5(6)7;1-2-6-4-3-5-1/h4H,3H2,1-2H3,(H,6,7);1-4H. The largest absolute Gasteiger partial charge is 0.481 e. The molecule has 0 saturated carbocycles. The molecule has 13 heavy (non-hydrogen) atoms. The van der Waals surface area contributed by atoms with Crippen molar-refractivity contribution in [3.05, 3.63) is 24.8 Å². The van der Waals surface area contributed by atoms with Gasteiger partial charge in [-0.05, 0) is 6.42 Å². The number of nitrogens with zero attached hydrogens (tertiary/aromatic N) is 2. The Balaban J connectivity index is 0.000000223. The maximum absolute atomic E-state index is 9.93. The van der Waals surface area contributed by atoms with Gasteiger partial charge in [-0.25, -0.2) is 0 Å². The highest BCUT2D eigenvalue weighted by Gasteiger charge is 2.05. The minimum absolute atomic E-state index is 0.181. The molecule has 1 aromatic heterocycles.